The lowest BCUT2D eigenvalue weighted by Gasteiger charge is -2.30. The summed E-state index contributed by atoms with van der Waals surface area (Å²) in [4.78, 5) is 11.4. The summed E-state index contributed by atoms with van der Waals surface area (Å²) in [5.74, 6) is 1.21. The van der Waals surface area contributed by atoms with Crippen LogP contribution >= 0.6 is 11.3 Å². The topological polar surface area (TPSA) is 64.3 Å². The molecule has 120 valence electrons. The van der Waals surface area contributed by atoms with Gasteiger partial charge in [-0.15, -0.1) is 11.3 Å². The molecule has 7 heteroatoms. The van der Waals surface area contributed by atoms with E-state index in [1.807, 2.05) is 0 Å². The van der Waals surface area contributed by atoms with E-state index in [2.05, 4.69) is 41.2 Å². The van der Waals surface area contributed by atoms with E-state index in [9.17, 15) is 0 Å². The minimum absolute atomic E-state index is 0.102. The van der Waals surface area contributed by atoms with Gasteiger partial charge in [-0.2, -0.15) is 4.98 Å². The van der Waals surface area contributed by atoms with Crippen LogP contribution in [0.4, 0.5) is 0 Å². The Balaban J connectivity index is 1.64. The van der Waals surface area contributed by atoms with E-state index in [0.29, 0.717) is 18.3 Å². The molecule has 0 saturated carbocycles. The van der Waals surface area contributed by atoms with Crippen LogP contribution in [0, 0.1) is 6.92 Å². The minimum atomic E-state index is -0.117. The van der Waals surface area contributed by atoms with Crippen molar-refractivity contribution >= 4 is 11.3 Å². The number of hydrogen-bond acceptors (Lipinski definition) is 7. The first-order valence-electron chi connectivity index (χ1n) is 7.51. The van der Waals surface area contributed by atoms with E-state index in [1.54, 1.807) is 18.3 Å². The summed E-state index contributed by atoms with van der Waals surface area (Å²) >= 11 is 1.73. The highest BCUT2D eigenvalue weighted by Gasteiger charge is 2.27. The third-order valence-electron chi connectivity index (χ3n) is 3.66. The number of ether oxygens (including phenoxy) is 1. The van der Waals surface area contributed by atoms with Crippen molar-refractivity contribution in [3.63, 3.8) is 0 Å². The van der Waals surface area contributed by atoms with Crippen LogP contribution in [0.1, 0.15) is 49.3 Å². The first kappa shape index (κ1) is 15.6. The molecular weight excluding hydrogens is 300 g/mol. The monoisotopic (exact) mass is 322 g/mol. The second-order valence-corrected chi connectivity index (χ2v) is 7.59. The van der Waals surface area contributed by atoms with E-state index in [1.165, 1.54) is 0 Å². The molecule has 6 nitrogen and oxygen atoms in total. The van der Waals surface area contributed by atoms with Crippen LogP contribution < -0.4 is 0 Å². The van der Waals surface area contributed by atoms with Gasteiger partial charge in [-0.25, -0.2) is 4.98 Å². The molecule has 0 spiro atoms. The van der Waals surface area contributed by atoms with Crippen molar-refractivity contribution in [2.24, 2.45) is 0 Å². The standard InChI is InChI=1S/C15H22N4O2S/c1-10-16-14(18-21-10)11-7-19(5-6-20-11)8-13-17-12(9-22-13)15(2,3)4/h9,11H,5-8H2,1-4H3/t11-/m1/s1. The van der Waals surface area contributed by atoms with Gasteiger partial charge < -0.3 is 9.26 Å². The number of morpholine rings is 1. The van der Waals surface area contributed by atoms with Crippen molar-refractivity contribution in [1.82, 2.24) is 20.0 Å². The molecule has 3 rings (SSSR count). The summed E-state index contributed by atoms with van der Waals surface area (Å²) in [7, 11) is 0. The predicted octanol–water partition coefficient (Wildman–Crippen LogP) is 2.71. The van der Waals surface area contributed by atoms with Gasteiger partial charge in [-0.05, 0) is 0 Å². The molecule has 0 radical (unpaired) electrons. The fraction of sp³-hybridized carbons (Fsp3) is 0.667. The van der Waals surface area contributed by atoms with Crippen molar-refractivity contribution in [1.29, 1.82) is 0 Å². The second kappa shape index (κ2) is 6.06. The number of hydrogen-bond donors (Lipinski definition) is 0. The number of thiazole rings is 1. The first-order valence-corrected chi connectivity index (χ1v) is 8.39. The molecule has 0 N–H and O–H groups in total. The smallest absolute Gasteiger partial charge is 0.223 e. The number of nitrogens with zero attached hydrogens (tertiary/aromatic N) is 4. The Kier molecular flexibility index (Phi) is 4.29. The fourth-order valence-corrected chi connectivity index (χ4v) is 3.43. The molecule has 2 aromatic heterocycles. The number of aryl methyl sites for hydroxylation is 1. The van der Waals surface area contributed by atoms with E-state index in [0.717, 1.165) is 30.3 Å². The van der Waals surface area contributed by atoms with Crippen molar-refractivity contribution in [3.05, 3.63) is 27.8 Å². The van der Waals surface area contributed by atoms with Gasteiger partial charge >= 0.3 is 0 Å². The van der Waals surface area contributed by atoms with E-state index in [4.69, 9.17) is 14.2 Å². The first-order chi connectivity index (χ1) is 10.4. The highest BCUT2D eigenvalue weighted by Crippen LogP contribution is 2.26. The van der Waals surface area contributed by atoms with Crippen LogP contribution in [0.25, 0.3) is 0 Å². The molecule has 0 bridgehead atoms. The summed E-state index contributed by atoms with van der Waals surface area (Å²) in [6, 6.07) is 0. The Hall–Kier alpha value is -1.31. The van der Waals surface area contributed by atoms with Crippen LogP contribution in [-0.2, 0) is 16.7 Å². The summed E-state index contributed by atoms with van der Waals surface area (Å²) in [6.45, 7) is 11.6. The molecule has 1 saturated heterocycles. The third-order valence-corrected chi connectivity index (χ3v) is 4.49. The van der Waals surface area contributed by atoms with Crippen molar-refractivity contribution in [2.75, 3.05) is 19.7 Å². The fourth-order valence-electron chi connectivity index (χ4n) is 2.37. The molecule has 1 aliphatic rings. The lowest BCUT2D eigenvalue weighted by atomic mass is 9.93. The molecule has 0 aliphatic carbocycles. The Morgan fingerprint density at radius 3 is 2.82 bits per heavy atom. The summed E-state index contributed by atoms with van der Waals surface area (Å²) in [5.41, 5.74) is 1.26. The van der Waals surface area contributed by atoms with Gasteiger partial charge in [0.15, 0.2) is 0 Å². The van der Waals surface area contributed by atoms with Crippen molar-refractivity contribution in [2.45, 2.75) is 45.8 Å². The normalized spacial score (nSPS) is 20.5. The molecule has 0 amide bonds. The zero-order valence-corrected chi connectivity index (χ0v) is 14.3. The van der Waals surface area contributed by atoms with Crippen LogP contribution in [-0.4, -0.2) is 39.7 Å². The maximum Gasteiger partial charge on any atom is 0.223 e. The SMILES string of the molecule is Cc1nc([C@H]2CN(Cc3nc(C(C)(C)C)cs3)CCO2)no1. The Morgan fingerprint density at radius 1 is 1.36 bits per heavy atom. The van der Waals surface area contributed by atoms with Gasteiger partial charge in [0.25, 0.3) is 0 Å². The maximum atomic E-state index is 5.76. The summed E-state index contributed by atoms with van der Waals surface area (Å²) in [6.07, 6.45) is -0.117. The zero-order valence-electron chi connectivity index (χ0n) is 13.5. The summed E-state index contributed by atoms with van der Waals surface area (Å²) < 4.78 is 10.8. The quantitative estimate of drug-likeness (QED) is 0.866. The molecule has 3 heterocycles. The average molecular weight is 322 g/mol. The lowest BCUT2D eigenvalue weighted by Crippen LogP contribution is -2.38. The molecule has 2 aromatic rings. The molecule has 1 fully saturated rings. The summed E-state index contributed by atoms with van der Waals surface area (Å²) in [5, 5.41) is 7.28. The molecule has 0 unspecified atom stereocenters. The van der Waals surface area contributed by atoms with Gasteiger partial charge in [0.05, 0.1) is 18.8 Å². The minimum Gasteiger partial charge on any atom is -0.367 e. The van der Waals surface area contributed by atoms with Crippen LogP contribution in [0.5, 0.6) is 0 Å². The van der Waals surface area contributed by atoms with Crippen LogP contribution in [0.15, 0.2) is 9.90 Å². The van der Waals surface area contributed by atoms with Crippen LogP contribution in [0.3, 0.4) is 0 Å². The Bertz CT molecular complexity index is 632. The van der Waals surface area contributed by atoms with E-state index in [-0.39, 0.29) is 11.5 Å². The number of rotatable bonds is 3. The highest BCUT2D eigenvalue weighted by atomic mass is 32.1. The van der Waals surface area contributed by atoms with Gasteiger partial charge in [0.1, 0.15) is 11.1 Å². The van der Waals surface area contributed by atoms with Crippen LogP contribution in [0.2, 0.25) is 0 Å². The lowest BCUT2D eigenvalue weighted by molar-refractivity contribution is -0.0380. The average Bonchev–Trinajstić information content (AvgIpc) is 3.08. The molecule has 1 atom stereocenters. The van der Waals surface area contributed by atoms with Gasteiger partial charge in [-0.1, -0.05) is 25.9 Å². The molecule has 22 heavy (non-hydrogen) atoms. The molecule has 1 aliphatic heterocycles. The molecule has 0 aromatic carbocycles. The number of aromatic nitrogens is 3. The van der Waals surface area contributed by atoms with Gasteiger partial charge in [-0.3, -0.25) is 4.90 Å². The van der Waals surface area contributed by atoms with Crippen molar-refractivity contribution < 1.29 is 9.26 Å². The predicted molar refractivity (Wildman–Crippen MR) is 83.8 cm³/mol. The highest BCUT2D eigenvalue weighted by molar-refractivity contribution is 7.09. The van der Waals surface area contributed by atoms with E-state index < -0.39 is 0 Å². The zero-order chi connectivity index (χ0) is 15.7. The Morgan fingerprint density at radius 2 is 2.18 bits per heavy atom. The Labute approximate surface area is 134 Å². The van der Waals surface area contributed by atoms with Gasteiger partial charge in [0, 0.05) is 30.8 Å². The maximum absolute atomic E-state index is 5.76. The van der Waals surface area contributed by atoms with Gasteiger partial charge in [0.2, 0.25) is 11.7 Å². The second-order valence-electron chi connectivity index (χ2n) is 6.64. The van der Waals surface area contributed by atoms with Crippen molar-refractivity contribution in [3.8, 4) is 0 Å². The molecular formula is C15H22N4O2S. The van der Waals surface area contributed by atoms with E-state index >= 15 is 0 Å². The third kappa shape index (κ3) is 3.53. The largest absolute Gasteiger partial charge is 0.367 e.